The maximum atomic E-state index is 10.4. The Labute approximate surface area is 77.7 Å². The molecule has 1 aromatic carbocycles. The first-order valence-electron chi connectivity index (χ1n) is 3.85. The van der Waals surface area contributed by atoms with Crippen molar-refractivity contribution in [2.45, 2.75) is 13.0 Å². The highest BCUT2D eigenvalue weighted by Gasteiger charge is 2.12. The van der Waals surface area contributed by atoms with E-state index >= 15 is 0 Å². The van der Waals surface area contributed by atoms with Gasteiger partial charge in [-0.05, 0) is 13.0 Å². The van der Waals surface area contributed by atoms with Crippen molar-refractivity contribution in [3.05, 3.63) is 24.3 Å². The molecule has 4 heteroatoms. The van der Waals surface area contributed by atoms with E-state index in [2.05, 4.69) is 0 Å². The summed E-state index contributed by atoms with van der Waals surface area (Å²) >= 11 is 0. The average Bonchev–Trinajstić information content (AvgIpc) is 2.08. The van der Waals surface area contributed by atoms with Crippen LogP contribution >= 0.6 is 0 Å². The second-order valence-corrected chi connectivity index (χ2v) is 2.64. The maximum Gasteiger partial charge on any atom is 0.344 e. The molecule has 1 unspecified atom stereocenters. The zero-order valence-electron chi connectivity index (χ0n) is 7.23. The van der Waals surface area contributed by atoms with E-state index in [9.17, 15) is 4.79 Å². The molecule has 1 atom stereocenters. The zero-order chi connectivity index (χ0) is 9.84. The van der Waals surface area contributed by atoms with Crippen LogP contribution in [0.15, 0.2) is 24.3 Å². The quantitative estimate of drug-likeness (QED) is 0.675. The van der Waals surface area contributed by atoms with Gasteiger partial charge < -0.3 is 9.84 Å². The lowest BCUT2D eigenvalue weighted by Gasteiger charge is -2.12. The fraction of sp³-hybridized carbons (Fsp3) is 0.222. The SMILES string of the molecule is [B]c1ccccc1OC(C)C(=O)O. The molecule has 2 radical (unpaired) electrons. The zero-order valence-corrected chi connectivity index (χ0v) is 7.23. The highest BCUT2D eigenvalue weighted by Crippen LogP contribution is 2.07. The third-order valence-corrected chi connectivity index (χ3v) is 1.57. The van der Waals surface area contributed by atoms with Crippen molar-refractivity contribution in [3.63, 3.8) is 0 Å². The van der Waals surface area contributed by atoms with Gasteiger partial charge >= 0.3 is 5.97 Å². The molecule has 66 valence electrons. The summed E-state index contributed by atoms with van der Waals surface area (Å²) in [5.74, 6) is -0.611. The van der Waals surface area contributed by atoms with E-state index < -0.39 is 12.1 Å². The summed E-state index contributed by atoms with van der Waals surface area (Å²) in [6, 6.07) is 6.78. The summed E-state index contributed by atoms with van der Waals surface area (Å²) < 4.78 is 5.08. The summed E-state index contributed by atoms with van der Waals surface area (Å²) in [4.78, 5) is 10.4. The highest BCUT2D eigenvalue weighted by atomic mass is 16.5. The first-order valence-corrected chi connectivity index (χ1v) is 3.85. The molecule has 0 amide bonds. The van der Waals surface area contributed by atoms with Gasteiger partial charge in [-0.3, -0.25) is 0 Å². The molecule has 0 heterocycles. The molecule has 0 aliphatic carbocycles. The summed E-state index contributed by atoms with van der Waals surface area (Å²) in [6.45, 7) is 1.45. The van der Waals surface area contributed by atoms with Gasteiger partial charge in [-0.15, -0.1) is 0 Å². The molecule has 0 bridgehead atoms. The summed E-state index contributed by atoms with van der Waals surface area (Å²) in [6.07, 6.45) is -0.885. The fourth-order valence-corrected chi connectivity index (χ4v) is 0.829. The Morgan fingerprint density at radius 2 is 2.15 bits per heavy atom. The second-order valence-electron chi connectivity index (χ2n) is 2.64. The maximum absolute atomic E-state index is 10.4. The van der Waals surface area contributed by atoms with Gasteiger partial charge in [-0.2, -0.15) is 0 Å². The summed E-state index contributed by atoms with van der Waals surface area (Å²) in [7, 11) is 5.55. The number of hydrogen-bond acceptors (Lipinski definition) is 2. The Kier molecular flexibility index (Phi) is 2.95. The van der Waals surface area contributed by atoms with Crippen LogP contribution in [-0.2, 0) is 4.79 Å². The molecule has 0 fully saturated rings. The number of carboxylic acids is 1. The van der Waals surface area contributed by atoms with E-state index in [1.54, 1.807) is 24.3 Å². The topological polar surface area (TPSA) is 46.5 Å². The van der Waals surface area contributed by atoms with Crippen molar-refractivity contribution in [1.82, 2.24) is 0 Å². The molecular formula is C9H9BO3. The molecule has 0 aliphatic heterocycles. The fourth-order valence-electron chi connectivity index (χ4n) is 0.829. The van der Waals surface area contributed by atoms with Gasteiger partial charge in [0.1, 0.15) is 13.6 Å². The van der Waals surface area contributed by atoms with E-state index in [4.69, 9.17) is 17.7 Å². The first-order chi connectivity index (χ1) is 6.11. The molecule has 0 saturated carbocycles. The van der Waals surface area contributed by atoms with Crippen molar-refractivity contribution in [2.24, 2.45) is 0 Å². The predicted molar refractivity (Wildman–Crippen MR) is 49.6 cm³/mol. The Hall–Kier alpha value is -1.45. The number of ether oxygens (including phenoxy) is 1. The van der Waals surface area contributed by atoms with Gasteiger partial charge in [0.05, 0.1) is 0 Å². The molecule has 0 saturated heterocycles. The smallest absolute Gasteiger partial charge is 0.344 e. The molecule has 0 aromatic heterocycles. The van der Waals surface area contributed by atoms with Crippen LogP contribution in [0, 0.1) is 0 Å². The van der Waals surface area contributed by atoms with Crippen LogP contribution < -0.4 is 10.2 Å². The van der Waals surface area contributed by atoms with Crippen molar-refractivity contribution < 1.29 is 14.6 Å². The molecule has 0 spiro atoms. The standard InChI is InChI=1S/C9H9BO3/c1-6(9(11)12)13-8-5-3-2-4-7(8)10/h2-6H,1H3,(H,11,12). The highest BCUT2D eigenvalue weighted by molar-refractivity contribution is 6.34. The predicted octanol–water partition coefficient (Wildman–Crippen LogP) is 0.332. The molecule has 3 nitrogen and oxygen atoms in total. The molecule has 0 aliphatic rings. The number of carboxylic acid groups (broad SMARTS) is 1. The van der Waals surface area contributed by atoms with E-state index in [1.165, 1.54) is 6.92 Å². The molecule has 1 aromatic rings. The van der Waals surface area contributed by atoms with Crippen LogP contribution in [0.1, 0.15) is 6.92 Å². The van der Waals surface area contributed by atoms with Crippen LogP contribution in [0.2, 0.25) is 0 Å². The van der Waals surface area contributed by atoms with Crippen molar-refractivity contribution in [3.8, 4) is 5.75 Å². The van der Waals surface area contributed by atoms with Crippen LogP contribution in [-0.4, -0.2) is 25.0 Å². The minimum atomic E-state index is -1.01. The molecule has 1 rings (SSSR count). The van der Waals surface area contributed by atoms with Gasteiger partial charge in [0.2, 0.25) is 0 Å². The van der Waals surface area contributed by atoms with Gasteiger partial charge in [-0.1, -0.05) is 23.7 Å². The molecule has 1 N–H and O–H groups in total. The van der Waals surface area contributed by atoms with Gasteiger partial charge in [0.15, 0.2) is 6.10 Å². The first kappa shape index (κ1) is 9.64. The average molecular weight is 176 g/mol. The van der Waals surface area contributed by atoms with Crippen LogP contribution in [0.4, 0.5) is 0 Å². The van der Waals surface area contributed by atoms with E-state index in [-0.39, 0.29) is 0 Å². The number of rotatable bonds is 3. The van der Waals surface area contributed by atoms with Crippen molar-refractivity contribution in [1.29, 1.82) is 0 Å². The third kappa shape index (κ3) is 2.51. The van der Waals surface area contributed by atoms with Crippen molar-refractivity contribution >= 4 is 19.3 Å². The van der Waals surface area contributed by atoms with E-state index in [0.29, 0.717) is 11.2 Å². The lowest BCUT2D eigenvalue weighted by Crippen LogP contribution is -2.25. The Bertz CT molecular complexity index is 311. The minimum Gasteiger partial charge on any atom is -0.480 e. The minimum absolute atomic E-state index is 0.400. The van der Waals surface area contributed by atoms with Crippen LogP contribution in [0.5, 0.6) is 5.75 Å². The molecular weight excluding hydrogens is 167 g/mol. The monoisotopic (exact) mass is 176 g/mol. The Morgan fingerprint density at radius 3 is 2.69 bits per heavy atom. The number of para-hydroxylation sites is 1. The largest absolute Gasteiger partial charge is 0.480 e. The van der Waals surface area contributed by atoms with Gasteiger partial charge in [-0.25, -0.2) is 4.79 Å². The number of hydrogen-bond donors (Lipinski definition) is 1. The van der Waals surface area contributed by atoms with Crippen LogP contribution in [0.25, 0.3) is 0 Å². The van der Waals surface area contributed by atoms with E-state index in [1.807, 2.05) is 0 Å². The Balaban J connectivity index is 2.74. The van der Waals surface area contributed by atoms with Crippen molar-refractivity contribution in [2.75, 3.05) is 0 Å². The summed E-state index contributed by atoms with van der Waals surface area (Å²) in [5.41, 5.74) is 0.440. The number of carbonyl (C=O) groups is 1. The summed E-state index contributed by atoms with van der Waals surface area (Å²) in [5, 5.41) is 8.57. The van der Waals surface area contributed by atoms with E-state index in [0.717, 1.165) is 0 Å². The lowest BCUT2D eigenvalue weighted by molar-refractivity contribution is -0.144. The number of benzene rings is 1. The third-order valence-electron chi connectivity index (χ3n) is 1.57. The Morgan fingerprint density at radius 1 is 1.54 bits per heavy atom. The van der Waals surface area contributed by atoms with Gasteiger partial charge in [0, 0.05) is 0 Å². The normalized spacial score (nSPS) is 12.1. The molecule has 13 heavy (non-hydrogen) atoms. The lowest BCUT2D eigenvalue weighted by atomic mass is 9.95. The number of aliphatic carboxylic acids is 1. The van der Waals surface area contributed by atoms with Crippen LogP contribution in [0.3, 0.4) is 0 Å². The second kappa shape index (κ2) is 3.98. The van der Waals surface area contributed by atoms with Gasteiger partial charge in [0.25, 0.3) is 0 Å².